The van der Waals surface area contributed by atoms with Gasteiger partial charge >= 0.3 is 0 Å². The summed E-state index contributed by atoms with van der Waals surface area (Å²) < 4.78 is 28.8. The quantitative estimate of drug-likeness (QED) is 0.399. The van der Waals surface area contributed by atoms with Gasteiger partial charge in [-0.15, -0.1) is 0 Å². The maximum absolute atomic E-state index is 11.6. The van der Waals surface area contributed by atoms with Crippen molar-refractivity contribution < 1.29 is 18.1 Å². The summed E-state index contributed by atoms with van der Waals surface area (Å²) in [7, 11) is -4.07. The topological polar surface area (TPSA) is 125 Å². The number of sulfonamides is 1. The minimum atomic E-state index is -4.07. The third kappa shape index (κ3) is 5.82. The van der Waals surface area contributed by atoms with E-state index in [1.807, 2.05) is 30.3 Å². The van der Waals surface area contributed by atoms with Gasteiger partial charge in [-0.05, 0) is 18.1 Å². The standard InChI is InChI=1S/C16H19N3O5S/c17-25(22,23)16-11-14(19(20)21)7-8-15(16)18-9-4-10-24-12-13-5-2-1-3-6-13/h1-3,5-8,11,18H,4,9-10,12H2,(H2,17,22,23). The summed E-state index contributed by atoms with van der Waals surface area (Å²) in [5.41, 5.74) is 0.972. The SMILES string of the molecule is NS(=O)(=O)c1cc([N+](=O)[O-])ccc1NCCCOCc1ccccc1. The number of non-ortho nitro benzene ring substituents is 1. The number of rotatable bonds is 9. The van der Waals surface area contributed by atoms with Gasteiger partial charge in [0.25, 0.3) is 5.69 Å². The first kappa shape index (κ1) is 18.8. The van der Waals surface area contributed by atoms with Crippen molar-refractivity contribution in [3.8, 4) is 0 Å². The van der Waals surface area contributed by atoms with Crippen LogP contribution in [0.2, 0.25) is 0 Å². The van der Waals surface area contributed by atoms with Crippen LogP contribution in [0.3, 0.4) is 0 Å². The Hall–Kier alpha value is -2.49. The fourth-order valence-electron chi connectivity index (χ4n) is 2.17. The largest absolute Gasteiger partial charge is 0.384 e. The zero-order chi connectivity index (χ0) is 18.3. The second-order valence-electron chi connectivity index (χ2n) is 5.30. The van der Waals surface area contributed by atoms with Crippen LogP contribution in [0.15, 0.2) is 53.4 Å². The van der Waals surface area contributed by atoms with E-state index in [1.54, 1.807) is 0 Å². The molecule has 0 radical (unpaired) electrons. The van der Waals surface area contributed by atoms with Gasteiger partial charge in [-0.25, -0.2) is 13.6 Å². The first-order valence-electron chi connectivity index (χ1n) is 7.55. The van der Waals surface area contributed by atoms with Gasteiger partial charge in [0, 0.05) is 25.3 Å². The lowest BCUT2D eigenvalue weighted by Crippen LogP contribution is -2.16. The van der Waals surface area contributed by atoms with Crippen LogP contribution in [0.4, 0.5) is 11.4 Å². The molecule has 134 valence electrons. The fraction of sp³-hybridized carbons (Fsp3) is 0.250. The molecule has 25 heavy (non-hydrogen) atoms. The third-order valence-electron chi connectivity index (χ3n) is 3.37. The first-order chi connectivity index (χ1) is 11.9. The normalized spacial score (nSPS) is 11.2. The number of ether oxygens (including phenoxy) is 1. The molecule has 0 saturated heterocycles. The van der Waals surface area contributed by atoms with E-state index < -0.39 is 14.9 Å². The summed E-state index contributed by atoms with van der Waals surface area (Å²) >= 11 is 0. The first-order valence-corrected chi connectivity index (χ1v) is 9.09. The van der Waals surface area contributed by atoms with Gasteiger partial charge in [-0.3, -0.25) is 10.1 Å². The van der Waals surface area contributed by atoms with E-state index in [0.717, 1.165) is 11.6 Å². The molecule has 2 aromatic carbocycles. The number of nitro benzene ring substituents is 1. The van der Waals surface area contributed by atoms with Crippen LogP contribution in [0.5, 0.6) is 0 Å². The van der Waals surface area contributed by atoms with Crippen molar-refractivity contribution in [1.29, 1.82) is 0 Å². The number of anilines is 1. The highest BCUT2D eigenvalue weighted by Gasteiger charge is 2.18. The lowest BCUT2D eigenvalue weighted by atomic mass is 10.2. The molecule has 9 heteroatoms. The van der Waals surface area contributed by atoms with E-state index in [9.17, 15) is 18.5 Å². The summed E-state index contributed by atoms with van der Waals surface area (Å²) in [6, 6.07) is 13.2. The van der Waals surface area contributed by atoms with Crippen molar-refractivity contribution in [2.24, 2.45) is 5.14 Å². The highest BCUT2D eigenvalue weighted by atomic mass is 32.2. The van der Waals surface area contributed by atoms with Gasteiger partial charge in [0.1, 0.15) is 4.90 Å². The Bertz CT molecular complexity index is 825. The number of hydrogen-bond donors (Lipinski definition) is 2. The lowest BCUT2D eigenvalue weighted by molar-refractivity contribution is -0.385. The number of nitrogens with two attached hydrogens (primary N) is 1. The van der Waals surface area contributed by atoms with E-state index in [-0.39, 0.29) is 16.3 Å². The maximum Gasteiger partial charge on any atom is 0.270 e. The molecule has 0 bridgehead atoms. The molecule has 0 aromatic heterocycles. The predicted molar refractivity (Wildman–Crippen MR) is 93.7 cm³/mol. The number of nitro groups is 1. The van der Waals surface area contributed by atoms with E-state index in [1.165, 1.54) is 12.1 Å². The van der Waals surface area contributed by atoms with Gasteiger partial charge in [0.05, 0.1) is 17.2 Å². The Labute approximate surface area is 145 Å². The average Bonchev–Trinajstić information content (AvgIpc) is 2.58. The second-order valence-corrected chi connectivity index (χ2v) is 6.83. The molecule has 2 aromatic rings. The van der Waals surface area contributed by atoms with Crippen LogP contribution in [-0.4, -0.2) is 26.5 Å². The molecule has 2 rings (SSSR count). The lowest BCUT2D eigenvalue weighted by Gasteiger charge is -2.11. The van der Waals surface area contributed by atoms with Crippen molar-refractivity contribution in [2.75, 3.05) is 18.5 Å². The van der Waals surface area contributed by atoms with Gasteiger partial charge < -0.3 is 10.1 Å². The summed E-state index contributed by atoms with van der Waals surface area (Å²) in [4.78, 5) is 9.80. The molecule has 3 N–H and O–H groups in total. The molecule has 0 heterocycles. The van der Waals surface area contributed by atoms with Crippen LogP contribution in [0.25, 0.3) is 0 Å². The second kappa shape index (κ2) is 8.56. The maximum atomic E-state index is 11.6. The van der Waals surface area contributed by atoms with Crippen LogP contribution in [-0.2, 0) is 21.4 Å². The summed E-state index contributed by atoms with van der Waals surface area (Å²) in [6.45, 7) is 1.43. The van der Waals surface area contributed by atoms with E-state index in [2.05, 4.69) is 5.32 Å². The Kier molecular flexibility index (Phi) is 6.45. The van der Waals surface area contributed by atoms with Crippen LogP contribution >= 0.6 is 0 Å². The molecule has 0 unspecified atom stereocenters. The van der Waals surface area contributed by atoms with Crippen molar-refractivity contribution in [2.45, 2.75) is 17.9 Å². The summed E-state index contributed by atoms with van der Waals surface area (Å²) in [5.74, 6) is 0. The molecule has 0 amide bonds. The smallest absolute Gasteiger partial charge is 0.270 e. The molecule has 0 saturated carbocycles. The molecule has 0 aliphatic heterocycles. The van der Waals surface area contributed by atoms with Crippen molar-refractivity contribution in [3.05, 3.63) is 64.2 Å². The van der Waals surface area contributed by atoms with E-state index in [0.29, 0.717) is 26.2 Å². The number of benzene rings is 2. The molecular weight excluding hydrogens is 346 g/mol. The van der Waals surface area contributed by atoms with Crippen LogP contribution in [0, 0.1) is 10.1 Å². The minimum absolute atomic E-state index is 0.233. The Morgan fingerprint density at radius 2 is 1.88 bits per heavy atom. The molecule has 0 atom stereocenters. The summed E-state index contributed by atoms with van der Waals surface area (Å²) in [6.07, 6.45) is 0.633. The van der Waals surface area contributed by atoms with Gasteiger partial charge in [-0.2, -0.15) is 0 Å². The fourth-order valence-corrected chi connectivity index (χ4v) is 2.90. The number of hydrogen-bond acceptors (Lipinski definition) is 6. The zero-order valence-electron chi connectivity index (χ0n) is 13.4. The van der Waals surface area contributed by atoms with Crippen LogP contribution in [0.1, 0.15) is 12.0 Å². The Balaban J connectivity index is 1.87. The third-order valence-corrected chi connectivity index (χ3v) is 4.33. The van der Waals surface area contributed by atoms with Crippen molar-refractivity contribution in [1.82, 2.24) is 0 Å². The molecule has 0 aliphatic carbocycles. The van der Waals surface area contributed by atoms with Gasteiger partial charge in [0.2, 0.25) is 10.0 Å². The van der Waals surface area contributed by atoms with E-state index >= 15 is 0 Å². The number of primary sulfonamides is 1. The summed E-state index contributed by atoms with van der Waals surface area (Å²) in [5, 5.41) is 18.8. The van der Waals surface area contributed by atoms with Gasteiger partial charge in [0.15, 0.2) is 0 Å². The average molecular weight is 365 g/mol. The minimum Gasteiger partial charge on any atom is -0.384 e. The van der Waals surface area contributed by atoms with Crippen molar-refractivity contribution in [3.63, 3.8) is 0 Å². The number of nitrogens with zero attached hydrogens (tertiary/aromatic N) is 1. The Morgan fingerprint density at radius 3 is 2.52 bits per heavy atom. The van der Waals surface area contributed by atoms with Crippen LogP contribution < -0.4 is 10.5 Å². The van der Waals surface area contributed by atoms with Crippen molar-refractivity contribution >= 4 is 21.4 Å². The molecule has 8 nitrogen and oxygen atoms in total. The molecule has 0 fully saturated rings. The highest BCUT2D eigenvalue weighted by molar-refractivity contribution is 7.89. The molecule has 0 aliphatic rings. The monoisotopic (exact) mass is 365 g/mol. The molecular formula is C16H19N3O5S. The number of nitrogens with one attached hydrogen (secondary N) is 1. The predicted octanol–water partition coefficient (Wildman–Crippen LogP) is 2.26. The Morgan fingerprint density at radius 1 is 1.16 bits per heavy atom. The molecule has 0 spiro atoms. The highest BCUT2D eigenvalue weighted by Crippen LogP contribution is 2.25. The zero-order valence-corrected chi connectivity index (χ0v) is 14.2. The van der Waals surface area contributed by atoms with E-state index in [4.69, 9.17) is 9.88 Å². The van der Waals surface area contributed by atoms with Gasteiger partial charge in [-0.1, -0.05) is 30.3 Å².